The van der Waals surface area contributed by atoms with E-state index in [1.165, 1.54) is 0 Å². The lowest BCUT2D eigenvalue weighted by molar-refractivity contribution is -0.131. The molecule has 27 heavy (non-hydrogen) atoms. The van der Waals surface area contributed by atoms with Crippen molar-refractivity contribution in [2.75, 3.05) is 0 Å². The van der Waals surface area contributed by atoms with E-state index in [1.807, 2.05) is 44.2 Å². The molecule has 1 aromatic rings. The second kappa shape index (κ2) is 7.77. The first-order valence-electron chi connectivity index (χ1n) is 8.71. The number of carbonyl (C=O) groups is 2. The summed E-state index contributed by atoms with van der Waals surface area (Å²) in [4.78, 5) is 23.4. The van der Waals surface area contributed by atoms with Gasteiger partial charge in [-0.15, -0.1) is 0 Å². The molecule has 4 heteroatoms. The molecule has 0 radical (unpaired) electrons. The fraction of sp³-hybridized carbons (Fsp3) is 0.304. The summed E-state index contributed by atoms with van der Waals surface area (Å²) >= 11 is 0. The summed E-state index contributed by atoms with van der Waals surface area (Å²) in [5.41, 5.74) is -0.0822. The SMILES string of the molecule is CC1=C(C#Cc2ccccc2)C(=O)CC(C)(C)[C@@]1(O)/C=C/C(C)=C\C(=O)O. The van der Waals surface area contributed by atoms with E-state index in [2.05, 4.69) is 11.8 Å². The smallest absolute Gasteiger partial charge is 0.328 e. The summed E-state index contributed by atoms with van der Waals surface area (Å²) in [6, 6.07) is 9.33. The van der Waals surface area contributed by atoms with Gasteiger partial charge in [-0.05, 0) is 43.2 Å². The number of allylic oxidation sites excluding steroid dienone is 3. The second-order valence-corrected chi connectivity index (χ2v) is 7.43. The summed E-state index contributed by atoms with van der Waals surface area (Å²) in [6.07, 6.45) is 4.34. The summed E-state index contributed by atoms with van der Waals surface area (Å²) < 4.78 is 0. The number of carbonyl (C=O) groups excluding carboxylic acids is 1. The van der Waals surface area contributed by atoms with Gasteiger partial charge in [0.15, 0.2) is 5.78 Å². The lowest BCUT2D eigenvalue weighted by Gasteiger charge is -2.45. The minimum Gasteiger partial charge on any atom is -0.478 e. The van der Waals surface area contributed by atoms with Gasteiger partial charge in [-0.3, -0.25) is 4.79 Å². The van der Waals surface area contributed by atoms with Gasteiger partial charge in [0.2, 0.25) is 0 Å². The van der Waals surface area contributed by atoms with Crippen LogP contribution < -0.4 is 0 Å². The molecule has 0 aliphatic heterocycles. The molecule has 1 atom stereocenters. The Hall–Kier alpha value is -2.90. The molecule has 1 aliphatic carbocycles. The Balaban J connectivity index is 2.52. The van der Waals surface area contributed by atoms with Gasteiger partial charge in [0.05, 0.1) is 5.57 Å². The molecule has 0 heterocycles. The van der Waals surface area contributed by atoms with Crippen LogP contribution in [0.15, 0.2) is 65.3 Å². The van der Waals surface area contributed by atoms with Gasteiger partial charge in [-0.25, -0.2) is 4.79 Å². The Morgan fingerprint density at radius 3 is 2.41 bits per heavy atom. The molecule has 140 valence electrons. The first-order chi connectivity index (χ1) is 12.6. The van der Waals surface area contributed by atoms with E-state index < -0.39 is 17.0 Å². The van der Waals surface area contributed by atoms with Crippen molar-refractivity contribution < 1.29 is 19.8 Å². The van der Waals surface area contributed by atoms with Crippen molar-refractivity contribution in [2.24, 2.45) is 5.41 Å². The minimum absolute atomic E-state index is 0.100. The molecule has 0 saturated carbocycles. The van der Waals surface area contributed by atoms with Crippen molar-refractivity contribution in [2.45, 2.75) is 39.7 Å². The number of rotatable bonds is 3. The van der Waals surface area contributed by atoms with Gasteiger partial charge in [0, 0.05) is 23.5 Å². The molecule has 2 N–H and O–H groups in total. The first kappa shape index (κ1) is 20.4. The first-order valence-corrected chi connectivity index (χ1v) is 8.71. The number of aliphatic carboxylic acids is 1. The van der Waals surface area contributed by atoms with E-state index in [0.717, 1.165) is 11.6 Å². The van der Waals surface area contributed by atoms with Crippen molar-refractivity contribution >= 4 is 11.8 Å². The van der Waals surface area contributed by atoms with Crippen molar-refractivity contribution in [1.29, 1.82) is 0 Å². The van der Waals surface area contributed by atoms with Crippen LogP contribution in [-0.4, -0.2) is 27.6 Å². The van der Waals surface area contributed by atoms with Gasteiger partial charge < -0.3 is 10.2 Å². The Kier molecular flexibility index (Phi) is 5.88. The normalized spacial score (nSPS) is 22.6. The molecule has 0 spiro atoms. The molecule has 0 amide bonds. The maximum Gasteiger partial charge on any atom is 0.328 e. The number of hydrogen-bond acceptors (Lipinski definition) is 3. The standard InChI is InChI=1S/C23H24O4/c1-16(14-21(25)26)12-13-23(27)17(2)19(20(24)15-22(23,3)4)11-10-18-8-6-5-7-9-18/h5-9,12-14,27H,15H2,1-4H3,(H,25,26)/b13-12+,16-14-/t23-/m1/s1. The van der Waals surface area contributed by atoms with E-state index in [9.17, 15) is 14.7 Å². The molecule has 2 rings (SSSR count). The van der Waals surface area contributed by atoms with Crippen LogP contribution in [0.5, 0.6) is 0 Å². The Morgan fingerprint density at radius 1 is 1.19 bits per heavy atom. The molecular weight excluding hydrogens is 340 g/mol. The maximum atomic E-state index is 12.6. The molecule has 0 bridgehead atoms. The predicted molar refractivity (Wildman–Crippen MR) is 105 cm³/mol. The summed E-state index contributed by atoms with van der Waals surface area (Å²) in [7, 11) is 0. The molecular formula is C23H24O4. The number of hydrogen-bond donors (Lipinski definition) is 2. The predicted octanol–water partition coefficient (Wildman–Crippen LogP) is 3.67. The Morgan fingerprint density at radius 2 is 1.81 bits per heavy atom. The molecule has 0 aromatic heterocycles. The molecule has 4 nitrogen and oxygen atoms in total. The fourth-order valence-corrected chi connectivity index (χ4v) is 3.20. The zero-order chi connectivity index (χ0) is 20.2. The number of carboxylic acids is 1. The van der Waals surface area contributed by atoms with Crippen molar-refractivity contribution in [3.05, 3.63) is 70.8 Å². The Labute approximate surface area is 159 Å². The monoisotopic (exact) mass is 364 g/mol. The average Bonchev–Trinajstić information content (AvgIpc) is 2.58. The molecule has 0 fully saturated rings. The third-order valence-electron chi connectivity index (χ3n) is 4.90. The highest BCUT2D eigenvalue weighted by Gasteiger charge is 2.49. The average molecular weight is 364 g/mol. The summed E-state index contributed by atoms with van der Waals surface area (Å²) in [5, 5.41) is 20.2. The van der Waals surface area contributed by atoms with Gasteiger partial charge in [-0.1, -0.05) is 50.0 Å². The van der Waals surface area contributed by atoms with Crippen LogP contribution in [0.25, 0.3) is 0 Å². The van der Waals surface area contributed by atoms with Crippen LogP contribution in [0.4, 0.5) is 0 Å². The summed E-state index contributed by atoms with van der Waals surface area (Å²) in [6.45, 7) is 6.98. The van der Waals surface area contributed by atoms with E-state index in [-0.39, 0.29) is 12.2 Å². The highest BCUT2D eigenvalue weighted by Crippen LogP contribution is 2.46. The van der Waals surface area contributed by atoms with E-state index in [4.69, 9.17) is 5.11 Å². The number of Topliss-reactive ketones (excluding diaryl/α,β-unsaturated/α-hetero) is 1. The number of carboxylic acid groups (broad SMARTS) is 1. The third-order valence-corrected chi connectivity index (χ3v) is 4.90. The molecule has 1 aliphatic rings. The van der Waals surface area contributed by atoms with Gasteiger partial charge in [0.25, 0.3) is 0 Å². The van der Waals surface area contributed by atoms with Gasteiger partial charge in [0.1, 0.15) is 5.60 Å². The van der Waals surface area contributed by atoms with Crippen molar-refractivity contribution in [3.63, 3.8) is 0 Å². The van der Waals surface area contributed by atoms with Crippen LogP contribution in [0.3, 0.4) is 0 Å². The Bertz CT molecular complexity index is 905. The van der Waals surface area contributed by atoms with Crippen LogP contribution in [-0.2, 0) is 9.59 Å². The van der Waals surface area contributed by atoms with E-state index in [0.29, 0.717) is 16.7 Å². The lowest BCUT2D eigenvalue weighted by Crippen LogP contribution is -2.49. The van der Waals surface area contributed by atoms with Crippen LogP contribution in [0, 0.1) is 17.3 Å². The van der Waals surface area contributed by atoms with Gasteiger partial charge in [-0.2, -0.15) is 0 Å². The zero-order valence-corrected chi connectivity index (χ0v) is 16.0. The van der Waals surface area contributed by atoms with Crippen LogP contribution in [0.2, 0.25) is 0 Å². The quantitative estimate of drug-likeness (QED) is 0.487. The fourth-order valence-electron chi connectivity index (χ4n) is 3.20. The van der Waals surface area contributed by atoms with E-state index >= 15 is 0 Å². The molecule has 1 aromatic carbocycles. The van der Waals surface area contributed by atoms with Crippen molar-refractivity contribution in [1.82, 2.24) is 0 Å². The van der Waals surface area contributed by atoms with E-state index in [1.54, 1.807) is 26.0 Å². The van der Waals surface area contributed by atoms with Gasteiger partial charge >= 0.3 is 5.97 Å². The molecule has 0 unspecified atom stereocenters. The minimum atomic E-state index is -1.41. The number of ketones is 1. The second-order valence-electron chi connectivity index (χ2n) is 7.43. The highest BCUT2D eigenvalue weighted by atomic mass is 16.4. The third kappa shape index (κ3) is 4.45. The topological polar surface area (TPSA) is 74.6 Å². The number of aliphatic hydroxyl groups is 1. The summed E-state index contributed by atoms with van der Waals surface area (Å²) in [5.74, 6) is 4.75. The zero-order valence-electron chi connectivity index (χ0n) is 16.0. The van der Waals surface area contributed by atoms with Crippen LogP contribution in [0.1, 0.15) is 39.7 Å². The maximum absolute atomic E-state index is 12.6. The lowest BCUT2D eigenvalue weighted by atomic mass is 9.62. The number of benzene rings is 1. The highest BCUT2D eigenvalue weighted by molar-refractivity contribution is 6.02. The molecule has 0 saturated heterocycles. The van der Waals surface area contributed by atoms with Crippen molar-refractivity contribution in [3.8, 4) is 11.8 Å². The van der Waals surface area contributed by atoms with Crippen LogP contribution >= 0.6 is 0 Å². The largest absolute Gasteiger partial charge is 0.478 e.